The molecule has 0 saturated heterocycles. The van der Waals surface area contributed by atoms with Gasteiger partial charge in [0.25, 0.3) is 0 Å². The Hall–Kier alpha value is -2.54. The Morgan fingerprint density at radius 2 is 1.58 bits per heavy atom. The van der Waals surface area contributed by atoms with E-state index in [2.05, 4.69) is 5.32 Å². The topological polar surface area (TPSA) is 72.5 Å². The first-order chi connectivity index (χ1) is 15.4. The smallest absolute Gasteiger partial charge is 0.221 e. The van der Waals surface area contributed by atoms with Gasteiger partial charge in [-0.15, -0.1) is 0 Å². The van der Waals surface area contributed by atoms with E-state index in [0.29, 0.717) is 27.0 Å². The van der Waals surface area contributed by atoms with Crippen LogP contribution in [0.3, 0.4) is 0 Å². The van der Waals surface area contributed by atoms with Crippen LogP contribution in [0.1, 0.15) is 33.3 Å². The van der Waals surface area contributed by atoms with Crippen LogP contribution in [-0.4, -0.2) is 20.1 Å². The van der Waals surface area contributed by atoms with Crippen LogP contribution in [0.15, 0.2) is 65.6 Å². The van der Waals surface area contributed by atoms with Gasteiger partial charge in [0, 0.05) is 28.2 Å². The van der Waals surface area contributed by atoms with Crippen molar-refractivity contribution in [3.8, 4) is 16.9 Å². The maximum atomic E-state index is 12.4. The van der Waals surface area contributed by atoms with E-state index >= 15 is 0 Å². The molecule has 3 aromatic rings. The predicted molar refractivity (Wildman–Crippen MR) is 134 cm³/mol. The van der Waals surface area contributed by atoms with Crippen LogP contribution in [0.25, 0.3) is 11.1 Å². The Balaban J connectivity index is 1.96. The van der Waals surface area contributed by atoms with E-state index in [1.165, 1.54) is 13.0 Å². The number of halogens is 2. The van der Waals surface area contributed by atoms with E-state index in [1.54, 1.807) is 49.4 Å². The number of rotatable bonds is 7. The lowest BCUT2D eigenvalue weighted by molar-refractivity contribution is -0.114. The Bertz CT molecular complexity index is 1270. The van der Waals surface area contributed by atoms with Crippen LogP contribution in [0.5, 0.6) is 5.75 Å². The Morgan fingerprint density at radius 3 is 2.12 bits per heavy atom. The largest absolute Gasteiger partial charge is 0.483 e. The molecule has 0 radical (unpaired) electrons. The van der Waals surface area contributed by atoms with Gasteiger partial charge in [-0.25, -0.2) is 8.42 Å². The molecule has 0 heterocycles. The van der Waals surface area contributed by atoms with E-state index in [1.807, 2.05) is 26.0 Å². The van der Waals surface area contributed by atoms with Crippen LogP contribution < -0.4 is 10.1 Å². The average Bonchev–Trinajstić information content (AvgIpc) is 2.73. The Kier molecular flexibility index (Phi) is 7.42. The van der Waals surface area contributed by atoms with Crippen molar-refractivity contribution in [1.29, 1.82) is 0 Å². The summed E-state index contributed by atoms with van der Waals surface area (Å²) >= 11 is 12.3. The Labute approximate surface area is 204 Å². The Morgan fingerprint density at radius 1 is 0.970 bits per heavy atom. The maximum Gasteiger partial charge on any atom is 0.221 e. The van der Waals surface area contributed by atoms with Gasteiger partial charge in [-0.3, -0.25) is 4.79 Å². The normalized spacial score (nSPS) is 11.8. The standard InChI is InChI=1S/C25H25Cl2NO4S/c1-5-33(30,31)22-10-11-24(28-16(2)29)23(15-22)17-6-8-21(9-7-17)32-25(3,4)18-12-19(26)14-20(27)13-18/h6-15H,5H2,1-4H3,(H,28,29). The second kappa shape index (κ2) is 9.75. The monoisotopic (exact) mass is 505 g/mol. The molecular formula is C25H25Cl2NO4S. The van der Waals surface area contributed by atoms with Gasteiger partial charge in [0.2, 0.25) is 5.91 Å². The molecular weight excluding hydrogens is 481 g/mol. The highest BCUT2D eigenvalue weighted by molar-refractivity contribution is 7.91. The van der Waals surface area contributed by atoms with Crippen molar-refractivity contribution in [1.82, 2.24) is 0 Å². The minimum atomic E-state index is -3.40. The summed E-state index contributed by atoms with van der Waals surface area (Å²) in [5, 5.41) is 3.81. The molecule has 5 nitrogen and oxygen atoms in total. The summed E-state index contributed by atoms with van der Waals surface area (Å²) in [6.45, 7) is 6.83. The molecule has 3 aromatic carbocycles. The molecule has 0 saturated carbocycles. The molecule has 0 bridgehead atoms. The van der Waals surface area contributed by atoms with Crippen molar-refractivity contribution < 1.29 is 17.9 Å². The number of amides is 1. The number of benzene rings is 3. The first-order valence-electron chi connectivity index (χ1n) is 10.3. The minimum absolute atomic E-state index is 0.0126. The van der Waals surface area contributed by atoms with E-state index in [9.17, 15) is 13.2 Å². The highest BCUT2D eigenvalue weighted by Crippen LogP contribution is 2.35. The molecule has 3 rings (SSSR count). The quantitative estimate of drug-likeness (QED) is 0.386. The number of nitrogens with one attached hydrogen (secondary N) is 1. The second-order valence-corrected chi connectivity index (χ2v) is 11.2. The summed E-state index contributed by atoms with van der Waals surface area (Å²) in [5.74, 6) is 0.351. The van der Waals surface area contributed by atoms with Crippen LogP contribution in [0.2, 0.25) is 10.0 Å². The highest BCUT2D eigenvalue weighted by atomic mass is 35.5. The maximum absolute atomic E-state index is 12.4. The van der Waals surface area contributed by atoms with Gasteiger partial charge in [-0.2, -0.15) is 0 Å². The minimum Gasteiger partial charge on any atom is -0.483 e. The molecule has 8 heteroatoms. The fourth-order valence-electron chi connectivity index (χ4n) is 3.38. The molecule has 0 aromatic heterocycles. The van der Waals surface area contributed by atoms with Gasteiger partial charge in [-0.05, 0) is 73.5 Å². The SMILES string of the molecule is CCS(=O)(=O)c1ccc(NC(C)=O)c(-c2ccc(OC(C)(C)c3cc(Cl)cc(Cl)c3)cc2)c1. The lowest BCUT2D eigenvalue weighted by atomic mass is 9.98. The molecule has 1 N–H and O–H groups in total. The number of carbonyl (C=O) groups excluding carboxylic acids is 1. The molecule has 0 fully saturated rings. The van der Waals surface area contributed by atoms with Crippen molar-refractivity contribution in [2.75, 3.05) is 11.1 Å². The van der Waals surface area contributed by atoms with Crippen LogP contribution in [0.4, 0.5) is 5.69 Å². The van der Waals surface area contributed by atoms with Crippen molar-refractivity contribution in [3.63, 3.8) is 0 Å². The van der Waals surface area contributed by atoms with E-state index in [4.69, 9.17) is 27.9 Å². The third kappa shape index (κ3) is 6.08. The second-order valence-electron chi connectivity index (χ2n) is 8.09. The van der Waals surface area contributed by atoms with Crippen LogP contribution >= 0.6 is 23.2 Å². The molecule has 1 amide bonds. The zero-order chi connectivity index (χ0) is 24.4. The fourth-order valence-corrected chi connectivity index (χ4v) is 4.81. The number of ether oxygens (including phenoxy) is 1. The lowest BCUT2D eigenvalue weighted by Gasteiger charge is -2.27. The van der Waals surface area contributed by atoms with Gasteiger partial charge in [-0.1, -0.05) is 42.3 Å². The van der Waals surface area contributed by atoms with Crippen molar-refractivity contribution in [2.24, 2.45) is 0 Å². The molecule has 0 unspecified atom stereocenters. The number of hydrogen-bond acceptors (Lipinski definition) is 4. The first-order valence-corrected chi connectivity index (χ1v) is 12.7. The van der Waals surface area contributed by atoms with Gasteiger partial charge in [0.1, 0.15) is 11.4 Å². The van der Waals surface area contributed by atoms with Crippen molar-refractivity contribution >= 4 is 44.6 Å². The fraction of sp³-hybridized carbons (Fsp3) is 0.240. The summed E-state index contributed by atoms with van der Waals surface area (Å²) in [7, 11) is -3.40. The molecule has 0 spiro atoms. The number of anilines is 1. The number of carbonyl (C=O) groups is 1. The van der Waals surface area contributed by atoms with E-state index in [-0.39, 0.29) is 16.6 Å². The van der Waals surface area contributed by atoms with Gasteiger partial charge >= 0.3 is 0 Å². The average molecular weight is 506 g/mol. The molecule has 0 aliphatic carbocycles. The summed E-state index contributed by atoms with van der Waals surface area (Å²) in [6.07, 6.45) is 0. The number of sulfone groups is 1. The molecule has 0 aliphatic heterocycles. The lowest BCUT2D eigenvalue weighted by Crippen LogP contribution is -2.25. The predicted octanol–water partition coefficient (Wildman–Crippen LogP) is 6.73. The third-order valence-corrected chi connectivity index (χ3v) is 7.31. The van der Waals surface area contributed by atoms with Gasteiger partial charge in [0.05, 0.1) is 10.6 Å². The zero-order valence-electron chi connectivity index (χ0n) is 18.8. The van der Waals surface area contributed by atoms with Crippen molar-refractivity contribution in [2.45, 2.75) is 38.2 Å². The van der Waals surface area contributed by atoms with Crippen LogP contribution in [0, 0.1) is 0 Å². The molecule has 33 heavy (non-hydrogen) atoms. The third-order valence-electron chi connectivity index (χ3n) is 5.14. The molecule has 174 valence electrons. The molecule has 0 aliphatic rings. The zero-order valence-corrected chi connectivity index (χ0v) is 21.1. The highest BCUT2D eigenvalue weighted by Gasteiger charge is 2.24. The van der Waals surface area contributed by atoms with E-state index < -0.39 is 15.4 Å². The van der Waals surface area contributed by atoms with Gasteiger partial charge < -0.3 is 10.1 Å². The first kappa shape index (κ1) is 25.1. The summed E-state index contributed by atoms with van der Waals surface area (Å²) < 4.78 is 31.0. The summed E-state index contributed by atoms with van der Waals surface area (Å²) in [4.78, 5) is 11.9. The van der Waals surface area contributed by atoms with Gasteiger partial charge in [0.15, 0.2) is 9.84 Å². The molecule has 0 atom stereocenters. The number of hydrogen-bond donors (Lipinski definition) is 1. The van der Waals surface area contributed by atoms with Crippen molar-refractivity contribution in [3.05, 3.63) is 76.3 Å². The van der Waals surface area contributed by atoms with E-state index in [0.717, 1.165) is 11.1 Å². The van der Waals surface area contributed by atoms with Crippen LogP contribution in [-0.2, 0) is 20.2 Å². The summed E-state index contributed by atoms with van der Waals surface area (Å²) in [6, 6.07) is 17.2. The summed E-state index contributed by atoms with van der Waals surface area (Å²) in [5.41, 5.74) is 2.00.